The average molecular weight is 281 g/mol. The third-order valence-corrected chi connectivity index (χ3v) is 5.49. The van der Waals surface area contributed by atoms with Crippen molar-refractivity contribution in [2.24, 2.45) is 0 Å². The summed E-state index contributed by atoms with van der Waals surface area (Å²) in [6.45, 7) is 13.1. The van der Waals surface area contributed by atoms with Gasteiger partial charge < -0.3 is 10.1 Å². The van der Waals surface area contributed by atoms with E-state index in [1.807, 2.05) is 11.3 Å². The zero-order chi connectivity index (χ0) is 14.1. The minimum Gasteiger partial charge on any atom is -0.373 e. The molecule has 1 saturated heterocycles. The minimum atomic E-state index is -0.0456. The highest BCUT2D eigenvalue weighted by Crippen LogP contribution is 2.41. The van der Waals surface area contributed by atoms with Gasteiger partial charge in [0.15, 0.2) is 0 Å². The number of hydrogen-bond acceptors (Lipinski definition) is 3. The van der Waals surface area contributed by atoms with Crippen LogP contribution in [-0.4, -0.2) is 18.8 Å². The first-order valence-corrected chi connectivity index (χ1v) is 8.16. The van der Waals surface area contributed by atoms with Crippen LogP contribution in [0.25, 0.3) is 0 Å². The monoisotopic (exact) mass is 281 g/mol. The van der Waals surface area contributed by atoms with Crippen LogP contribution in [0.3, 0.4) is 0 Å². The number of likely N-dealkylation sites (N-methyl/N-ethyl adjacent to an activating group) is 1. The molecule has 108 valence electrons. The Kier molecular flexibility index (Phi) is 4.38. The van der Waals surface area contributed by atoms with Gasteiger partial charge in [0.25, 0.3) is 0 Å². The Morgan fingerprint density at radius 1 is 1.42 bits per heavy atom. The largest absolute Gasteiger partial charge is 0.373 e. The lowest BCUT2D eigenvalue weighted by Gasteiger charge is -2.33. The normalized spacial score (nSPS) is 25.7. The van der Waals surface area contributed by atoms with Crippen molar-refractivity contribution in [2.75, 3.05) is 13.2 Å². The molecule has 0 aromatic carbocycles. The summed E-state index contributed by atoms with van der Waals surface area (Å²) in [6.07, 6.45) is 2.32. The fraction of sp³-hybridized carbons (Fsp3) is 0.750. The van der Waals surface area contributed by atoms with Gasteiger partial charge in [0.2, 0.25) is 0 Å². The first kappa shape index (κ1) is 15.0. The maximum Gasteiger partial charge on any atom is 0.0857 e. The summed E-state index contributed by atoms with van der Waals surface area (Å²) in [5, 5.41) is 3.63. The lowest BCUT2D eigenvalue weighted by atomic mass is 9.91. The molecule has 0 spiro atoms. The molecule has 2 nitrogen and oxygen atoms in total. The summed E-state index contributed by atoms with van der Waals surface area (Å²) >= 11 is 1.93. The summed E-state index contributed by atoms with van der Waals surface area (Å²) < 4.78 is 6.05. The van der Waals surface area contributed by atoms with Crippen molar-refractivity contribution >= 4 is 11.3 Å². The Bertz CT molecular complexity index is 413. The lowest BCUT2D eigenvalue weighted by molar-refractivity contribution is -0.0111. The van der Waals surface area contributed by atoms with Crippen molar-refractivity contribution < 1.29 is 4.74 Å². The first-order chi connectivity index (χ1) is 8.87. The van der Waals surface area contributed by atoms with Gasteiger partial charge in [-0.25, -0.2) is 0 Å². The van der Waals surface area contributed by atoms with Crippen LogP contribution < -0.4 is 5.32 Å². The van der Waals surface area contributed by atoms with E-state index in [-0.39, 0.29) is 11.0 Å². The van der Waals surface area contributed by atoms with Gasteiger partial charge in [0.1, 0.15) is 0 Å². The van der Waals surface area contributed by atoms with E-state index < -0.39 is 0 Å². The van der Waals surface area contributed by atoms with Gasteiger partial charge in [-0.1, -0.05) is 27.7 Å². The van der Waals surface area contributed by atoms with Gasteiger partial charge in [-0.3, -0.25) is 0 Å². The second kappa shape index (κ2) is 5.55. The van der Waals surface area contributed by atoms with Gasteiger partial charge in [0, 0.05) is 16.4 Å². The molecule has 19 heavy (non-hydrogen) atoms. The van der Waals surface area contributed by atoms with E-state index in [0.29, 0.717) is 6.04 Å². The van der Waals surface area contributed by atoms with E-state index in [2.05, 4.69) is 52.1 Å². The third kappa shape index (κ3) is 3.21. The Labute approximate surface area is 121 Å². The minimum absolute atomic E-state index is 0.0456. The molecule has 1 aliphatic rings. The number of hydrogen-bond donors (Lipinski definition) is 1. The fourth-order valence-corrected chi connectivity index (χ4v) is 4.04. The molecule has 1 fully saturated rings. The number of ether oxygens (including phenoxy) is 1. The van der Waals surface area contributed by atoms with Crippen LogP contribution in [0.15, 0.2) is 12.1 Å². The maximum atomic E-state index is 6.05. The Hall–Kier alpha value is -0.380. The molecule has 1 aromatic rings. The van der Waals surface area contributed by atoms with E-state index in [9.17, 15) is 0 Å². The standard InChI is InChI=1S/C16H27NOS/c1-6-17-14(16(5)10-7-11-18-16)12-8-9-13(19-12)15(2,3)4/h8-9,14,17H,6-7,10-11H2,1-5H3. The molecule has 2 heterocycles. The zero-order valence-electron chi connectivity index (χ0n) is 12.9. The van der Waals surface area contributed by atoms with Gasteiger partial charge in [-0.2, -0.15) is 0 Å². The average Bonchev–Trinajstić information content (AvgIpc) is 2.94. The van der Waals surface area contributed by atoms with Crippen molar-refractivity contribution in [2.45, 2.75) is 64.5 Å². The van der Waals surface area contributed by atoms with Crippen LogP contribution in [0, 0.1) is 0 Å². The molecule has 2 unspecified atom stereocenters. The van der Waals surface area contributed by atoms with Gasteiger partial charge >= 0.3 is 0 Å². The topological polar surface area (TPSA) is 21.3 Å². The molecule has 1 aliphatic heterocycles. The van der Waals surface area contributed by atoms with Gasteiger partial charge in [-0.15, -0.1) is 11.3 Å². The molecule has 0 radical (unpaired) electrons. The second-order valence-electron chi connectivity index (χ2n) is 6.71. The highest BCUT2D eigenvalue weighted by atomic mass is 32.1. The van der Waals surface area contributed by atoms with Crippen LogP contribution in [0.1, 0.15) is 63.3 Å². The van der Waals surface area contributed by atoms with Gasteiger partial charge in [-0.05, 0) is 43.9 Å². The second-order valence-corrected chi connectivity index (χ2v) is 7.82. The Morgan fingerprint density at radius 2 is 2.16 bits per heavy atom. The van der Waals surface area contributed by atoms with Crippen LogP contribution in [0.5, 0.6) is 0 Å². The summed E-state index contributed by atoms with van der Waals surface area (Å²) in [4.78, 5) is 2.86. The third-order valence-electron chi connectivity index (χ3n) is 3.92. The van der Waals surface area contributed by atoms with E-state index >= 15 is 0 Å². The predicted octanol–water partition coefficient (Wildman–Crippen LogP) is 4.27. The molecule has 0 saturated carbocycles. The van der Waals surface area contributed by atoms with Crippen molar-refractivity contribution in [1.82, 2.24) is 5.32 Å². The van der Waals surface area contributed by atoms with Crippen molar-refractivity contribution in [3.63, 3.8) is 0 Å². The Morgan fingerprint density at radius 3 is 2.63 bits per heavy atom. The van der Waals surface area contributed by atoms with E-state index in [1.165, 1.54) is 16.2 Å². The summed E-state index contributed by atoms with van der Waals surface area (Å²) in [6, 6.07) is 4.88. The molecular formula is C16H27NOS. The van der Waals surface area contributed by atoms with Crippen molar-refractivity contribution in [1.29, 1.82) is 0 Å². The van der Waals surface area contributed by atoms with Crippen LogP contribution in [-0.2, 0) is 10.2 Å². The molecule has 1 aromatic heterocycles. The smallest absolute Gasteiger partial charge is 0.0857 e. The van der Waals surface area contributed by atoms with Crippen LogP contribution >= 0.6 is 11.3 Å². The van der Waals surface area contributed by atoms with Gasteiger partial charge in [0.05, 0.1) is 11.6 Å². The number of nitrogens with one attached hydrogen (secondary N) is 1. The van der Waals surface area contributed by atoms with Crippen LogP contribution in [0.2, 0.25) is 0 Å². The quantitative estimate of drug-likeness (QED) is 0.890. The summed E-state index contributed by atoms with van der Waals surface area (Å²) in [5.74, 6) is 0. The molecule has 0 aliphatic carbocycles. The molecule has 0 amide bonds. The molecular weight excluding hydrogens is 254 g/mol. The van der Waals surface area contributed by atoms with Crippen molar-refractivity contribution in [3.05, 3.63) is 21.9 Å². The van der Waals surface area contributed by atoms with Crippen LogP contribution in [0.4, 0.5) is 0 Å². The summed E-state index contributed by atoms with van der Waals surface area (Å²) in [7, 11) is 0. The molecule has 0 bridgehead atoms. The Balaban J connectivity index is 2.26. The van der Waals surface area contributed by atoms with E-state index in [4.69, 9.17) is 4.74 Å². The first-order valence-electron chi connectivity index (χ1n) is 7.34. The lowest BCUT2D eigenvalue weighted by Crippen LogP contribution is -2.40. The highest BCUT2D eigenvalue weighted by molar-refractivity contribution is 7.12. The zero-order valence-corrected chi connectivity index (χ0v) is 13.7. The van der Waals surface area contributed by atoms with Crippen molar-refractivity contribution in [3.8, 4) is 0 Å². The predicted molar refractivity (Wildman–Crippen MR) is 83.0 cm³/mol. The maximum absolute atomic E-state index is 6.05. The molecule has 2 rings (SSSR count). The number of rotatable bonds is 4. The van der Waals surface area contributed by atoms with E-state index in [1.54, 1.807) is 0 Å². The molecule has 3 heteroatoms. The molecule has 1 N–H and O–H groups in total. The SMILES string of the molecule is CCNC(c1ccc(C(C)(C)C)s1)C1(C)CCCO1. The summed E-state index contributed by atoms with van der Waals surface area (Å²) in [5.41, 5.74) is 0.188. The number of thiophene rings is 1. The van der Waals surface area contributed by atoms with E-state index in [0.717, 1.165) is 19.6 Å². The highest BCUT2D eigenvalue weighted by Gasteiger charge is 2.39. The molecule has 2 atom stereocenters. The fourth-order valence-electron chi connectivity index (χ4n) is 2.76.